The Kier molecular flexibility index (Phi) is 2.21. The van der Waals surface area contributed by atoms with Gasteiger partial charge in [0.05, 0.1) is 17.0 Å². The summed E-state index contributed by atoms with van der Waals surface area (Å²) in [6, 6.07) is 12.3. The summed E-state index contributed by atoms with van der Waals surface area (Å²) in [5, 5.41) is 10.8. The fourth-order valence-corrected chi connectivity index (χ4v) is 2.72. The lowest BCUT2D eigenvalue weighted by atomic mass is 10.0. The van der Waals surface area contributed by atoms with Gasteiger partial charge < -0.3 is 10.1 Å². The molecule has 0 radical (unpaired) electrons. The van der Waals surface area contributed by atoms with E-state index in [-0.39, 0.29) is 11.7 Å². The fourth-order valence-electron chi connectivity index (χ4n) is 2.72. The molecule has 0 fully saturated rings. The predicted molar refractivity (Wildman–Crippen MR) is 76.3 cm³/mol. The van der Waals surface area contributed by atoms with Crippen molar-refractivity contribution in [1.82, 2.24) is 4.98 Å². The van der Waals surface area contributed by atoms with Crippen LogP contribution in [0.15, 0.2) is 47.5 Å². The normalized spacial score (nSPS) is 13.6. The lowest BCUT2D eigenvalue weighted by Crippen LogP contribution is -1.99. The number of aliphatic imine (C=N–C) groups is 1. The lowest BCUT2D eigenvalue weighted by molar-refractivity contribution is 0.457. The SMILES string of the molecule is Oc1[nH]c2ccc(F)cc2c1C1=Nc2ccccc2C1. The molecule has 0 unspecified atom stereocenters. The van der Waals surface area contributed by atoms with E-state index >= 15 is 0 Å². The number of fused-ring (bicyclic) bond motifs is 2. The number of aromatic hydroxyl groups is 1. The first-order chi connectivity index (χ1) is 9.72. The minimum Gasteiger partial charge on any atom is -0.494 e. The highest BCUT2D eigenvalue weighted by atomic mass is 19.1. The van der Waals surface area contributed by atoms with E-state index in [2.05, 4.69) is 9.98 Å². The highest BCUT2D eigenvalue weighted by Crippen LogP contribution is 2.35. The molecule has 0 saturated carbocycles. The average molecular weight is 266 g/mol. The third kappa shape index (κ3) is 1.54. The van der Waals surface area contributed by atoms with Crippen molar-refractivity contribution in [2.75, 3.05) is 0 Å². The van der Waals surface area contributed by atoms with Gasteiger partial charge in [0.25, 0.3) is 0 Å². The van der Waals surface area contributed by atoms with Crippen LogP contribution in [-0.4, -0.2) is 15.8 Å². The monoisotopic (exact) mass is 266 g/mol. The molecule has 1 aliphatic rings. The molecule has 20 heavy (non-hydrogen) atoms. The van der Waals surface area contributed by atoms with E-state index in [1.165, 1.54) is 12.1 Å². The van der Waals surface area contributed by atoms with Crippen molar-refractivity contribution < 1.29 is 9.50 Å². The van der Waals surface area contributed by atoms with Crippen molar-refractivity contribution in [1.29, 1.82) is 0 Å². The van der Waals surface area contributed by atoms with Crippen molar-refractivity contribution in [3.8, 4) is 5.88 Å². The number of aromatic amines is 1. The summed E-state index contributed by atoms with van der Waals surface area (Å²) >= 11 is 0. The van der Waals surface area contributed by atoms with Crippen LogP contribution in [0.4, 0.5) is 10.1 Å². The Labute approximate surface area is 114 Å². The smallest absolute Gasteiger partial charge is 0.198 e. The Balaban J connectivity index is 1.92. The van der Waals surface area contributed by atoms with E-state index < -0.39 is 0 Å². The Hall–Kier alpha value is -2.62. The van der Waals surface area contributed by atoms with Crippen LogP contribution in [-0.2, 0) is 6.42 Å². The Morgan fingerprint density at radius 1 is 1.15 bits per heavy atom. The molecule has 0 aliphatic carbocycles. The van der Waals surface area contributed by atoms with Gasteiger partial charge in [-0.1, -0.05) is 18.2 Å². The summed E-state index contributed by atoms with van der Waals surface area (Å²) in [7, 11) is 0. The van der Waals surface area contributed by atoms with Gasteiger partial charge in [0.1, 0.15) is 5.82 Å². The minimum atomic E-state index is -0.325. The zero-order valence-electron chi connectivity index (χ0n) is 10.5. The first-order valence-corrected chi connectivity index (χ1v) is 6.38. The molecule has 98 valence electrons. The zero-order valence-corrected chi connectivity index (χ0v) is 10.5. The fraction of sp³-hybridized carbons (Fsp3) is 0.0625. The van der Waals surface area contributed by atoms with Crippen molar-refractivity contribution in [2.45, 2.75) is 6.42 Å². The van der Waals surface area contributed by atoms with Gasteiger partial charge in [-0.2, -0.15) is 0 Å². The average Bonchev–Trinajstić information content (AvgIpc) is 2.97. The first-order valence-electron chi connectivity index (χ1n) is 6.38. The number of nitrogens with zero attached hydrogens (tertiary/aromatic N) is 1. The molecule has 3 nitrogen and oxygen atoms in total. The molecule has 2 heterocycles. The van der Waals surface area contributed by atoms with Crippen LogP contribution in [0.2, 0.25) is 0 Å². The molecule has 0 spiro atoms. The Morgan fingerprint density at radius 3 is 2.85 bits per heavy atom. The van der Waals surface area contributed by atoms with Crippen LogP contribution < -0.4 is 0 Å². The molecule has 3 aromatic rings. The molecule has 1 aromatic heterocycles. The van der Waals surface area contributed by atoms with Gasteiger partial charge in [-0.05, 0) is 29.8 Å². The second kappa shape index (κ2) is 3.93. The second-order valence-electron chi connectivity index (χ2n) is 4.90. The van der Waals surface area contributed by atoms with E-state index in [0.29, 0.717) is 22.9 Å². The molecule has 4 heteroatoms. The maximum absolute atomic E-state index is 13.4. The summed E-state index contributed by atoms with van der Waals surface area (Å²) in [6.07, 6.45) is 0.646. The van der Waals surface area contributed by atoms with E-state index in [1.807, 2.05) is 24.3 Å². The van der Waals surface area contributed by atoms with Gasteiger partial charge in [0, 0.05) is 17.3 Å². The summed E-state index contributed by atoms with van der Waals surface area (Å²) in [6.45, 7) is 0. The van der Waals surface area contributed by atoms with E-state index in [4.69, 9.17) is 0 Å². The van der Waals surface area contributed by atoms with Crippen molar-refractivity contribution in [3.05, 3.63) is 59.4 Å². The maximum atomic E-state index is 13.4. The first kappa shape index (κ1) is 11.2. The number of nitrogens with one attached hydrogen (secondary N) is 1. The van der Waals surface area contributed by atoms with E-state index in [0.717, 1.165) is 17.0 Å². The molecular weight excluding hydrogens is 255 g/mol. The van der Waals surface area contributed by atoms with Gasteiger partial charge in [0.15, 0.2) is 5.88 Å². The highest BCUT2D eigenvalue weighted by molar-refractivity contribution is 6.16. The number of rotatable bonds is 1. The molecule has 4 rings (SSSR count). The third-order valence-corrected chi connectivity index (χ3v) is 3.63. The molecule has 0 saturated heterocycles. The summed E-state index contributed by atoms with van der Waals surface area (Å²) < 4.78 is 13.4. The van der Waals surface area contributed by atoms with E-state index in [1.54, 1.807) is 6.07 Å². The topological polar surface area (TPSA) is 48.4 Å². The van der Waals surface area contributed by atoms with Gasteiger partial charge in [-0.3, -0.25) is 4.99 Å². The van der Waals surface area contributed by atoms with Crippen LogP contribution in [0.5, 0.6) is 5.88 Å². The quantitative estimate of drug-likeness (QED) is 0.693. The van der Waals surface area contributed by atoms with Crippen LogP contribution in [0.25, 0.3) is 10.9 Å². The molecule has 1 aliphatic heterocycles. The highest BCUT2D eigenvalue weighted by Gasteiger charge is 2.22. The summed E-state index contributed by atoms with van der Waals surface area (Å²) in [5.41, 5.74) is 4.09. The molecular formula is C16H11FN2O. The molecule has 2 N–H and O–H groups in total. The largest absolute Gasteiger partial charge is 0.494 e. The zero-order chi connectivity index (χ0) is 13.7. The van der Waals surface area contributed by atoms with Crippen LogP contribution in [0.1, 0.15) is 11.1 Å². The molecule has 0 atom stereocenters. The van der Waals surface area contributed by atoms with Gasteiger partial charge >= 0.3 is 0 Å². The number of hydrogen-bond donors (Lipinski definition) is 2. The van der Waals surface area contributed by atoms with Gasteiger partial charge in [-0.15, -0.1) is 0 Å². The number of H-pyrrole nitrogens is 1. The van der Waals surface area contributed by atoms with Crippen LogP contribution in [0, 0.1) is 5.82 Å². The number of benzene rings is 2. The van der Waals surface area contributed by atoms with Gasteiger partial charge in [-0.25, -0.2) is 4.39 Å². The second-order valence-corrected chi connectivity index (χ2v) is 4.90. The molecule has 0 bridgehead atoms. The van der Waals surface area contributed by atoms with Crippen LogP contribution >= 0.6 is 0 Å². The molecule has 2 aromatic carbocycles. The molecule has 0 amide bonds. The Bertz CT molecular complexity index is 864. The number of hydrogen-bond acceptors (Lipinski definition) is 2. The maximum Gasteiger partial charge on any atom is 0.198 e. The number of para-hydroxylation sites is 1. The summed E-state index contributed by atoms with van der Waals surface area (Å²) in [5.74, 6) is -0.286. The number of aromatic nitrogens is 1. The van der Waals surface area contributed by atoms with Crippen molar-refractivity contribution >= 4 is 22.3 Å². The van der Waals surface area contributed by atoms with Crippen molar-refractivity contribution in [2.24, 2.45) is 4.99 Å². The summed E-state index contributed by atoms with van der Waals surface area (Å²) in [4.78, 5) is 7.41. The van der Waals surface area contributed by atoms with Crippen molar-refractivity contribution in [3.63, 3.8) is 0 Å². The number of halogens is 1. The predicted octanol–water partition coefficient (Wildman–Crippen LogP) is 3.69. The minimum absolute atomic E-state index is 0.0390. The van der Waals surface area contributed by atoms with Gasteiger partial charge in [0.2, 0.25) is 0 Å². The van der Waals surface area contributed by atoms with Crippen LogP contribution in [0.3, 0.4) is 0 Å². The lowest BCUT2D eigenvalue weighted by Gasteiger charge is -1.99. The third-order valence-electron chi connectivity index (χ3n) is 3.63. The van der Waals surface area contributed by atoms with E-state index in [9.17, 15) is 9.50 Å². The standard InChI is InChI=1S/C16H11FN2O/c17-10-5-6-13-11(8-10)15(16(20)19-13)14-7-9-3-1-2-4-12(9)18-14/h1-6,8,19-20H,7H2. The Morgan fingerprint density at radius 2 is 2.00 bits per heavy atom.